The Morgan fingerprint density at radius 3 is 1.62 bits per heavy atom. The molecule has 2 aromatic carbocycles. The van der Waals surface area contributed by atoms with E-state index in [1.807, 2.05) is 36.4 Å². The van der Waals surface area contributed by atoms with Gasteiger partial charge in [0.1, 0.15) is 5.41 Å². The molecule has 0 aromatic heterocycles. The molecule has 0 radical (unpaired) electrons. The fourth-order valence-electron chi connectivity index (χ4n) is 3.38. The van der Waals surface area contributed by atoms with Gasteiger partial charge in [-0.1, -0.05) is 74.5 Å². The highest BCUT2D eigenvalue weighted by Gasteiger charge is 2.34. The Hall–Kier alpha value is -2.11. The van der Waals surface area contributed by atoms with Crippen LogP contribution in [0.1, 0.15) is 44.2 Å². The van der Waals surface area contributed by atoms with Crippen molar-refractivity contribution in [3.05, 3.63) is 71.8 Å². The minimum atomic E-state index is -0.581. The summed E-state index contributed by atoms with van der Waals surface area (Å²) in [4.78, 5) is 2.48. The maximum atomic E-state index is 10.2. The van der Waals surface area contributed by atoms with Gasteiger partial charge in [0.05, 0.1) is 6.07 Å². The van der Waals surface area contributed by atoms with E-state index >= 15 is 0 Å². The molecular weight excluding hydrogens is 292 g/mol. The van der Waals surface area contributed by atoms with Crippen molar-refractivity contribution in [2.45, 2.75) is 38.5 Å². The third-order valence-corrected chi connectivity index (χ3v) is 4.61. The van der Waals surface area contributed by atoms with Crippen LogP contribution in [0.15, 0.2) is 60.7 Å². The van der Waals surface area contributed by atoms with Gasteiger partial charge in [0.2, 0.25) is 0 Å². The van der Waals surface area contributed by atoms with Gasteiger partial charge in [-0.15, -0.1) is 0 Å². The van der Waals surface area contributed by atoms with Gasteiger partial charge >= 0.3 is 0 Å². The van der Waals surface area contributed by atoms with Gasteiger partial charge in [-0.2, -0.15) is 5.26 Å². The molecule has 0 spiro atoms. The quantitative estimate of drug-likeness (QED) is 0.649. The molecular formula is C22H28N2. The van der Waals surface area contributed by atoms with Crippen LogP contribution in [0.3, 0.4) is 0 Å². The van der Waals surface area contributed by atoms with Crippen LogP contribution in [-0.4, -0.2) is 24.5 Å². The zero-order chi connectivity index (χ0) is 17.3. The predicted molar refractivity (Wildman–Crippen MR) is 101 cm³/mol. The Bertz CT molecular complexity index is 583. The fourth-order valence-corrected chi connectivity index (χ4v) is 3.38. The van der Waals surface area contributed by atoms with Gasteiger partial charge in [-0.3, -0.25) is 0 Å². The zero-order valence-corrected chi connectivity index (χ0v) is 14.9. The molecule has 0 saturated heterocycles. The summed E-state index contributed by atoms with van der Waals surface area (Å²) in [5, 5.41) is 10.2. The predicted octanol–water partition coefficient (Wildman–Crippen LogP) is 5.01. The zero-order valence-electron chi connectivity index (χ0n) is 14.9. The van der Waals surface area contributed by atoms with E-state index < -0.39 is 5.41 Å². The molecule has 0 unspecified atom stereocenters. The van der Waals surface area contributed by atoms with Gasteiger partial charge in [0.15, 0.2) is 0 Å². The van der Waals surface area contributed by atoms with E-state index in [4.69, 9.17) is 0 Å². The Morgan fingerprint density at radius 1 is 0.792 bits per heavy atom. The lowest BCUT2D eigenvalue weighted by Gasteiger charge is -2.31. The Balaban J connectivity index is 2.35. The summed E-state index contributed by atoms with van der Waals surface area (Å²) in [6.45, 7) is 7.57. The highest BCUT2D eigenvalue weighted by molar-refractivity contribution is 5.45. The van der Waals surface area contributed by atoms with Crippen molar-refractivity contribution in [2.24, 2.45) is 0 Å². The Labute approximate surface area is 146 Å². The van der Waals surface area contributed by atoms with Crippen molar-refractivity contribution in [1.29, 1.82) is 5.26 Å². The first-order valence-electron chi connectivity index (χ1n) is 9.01. The van der Waals surface area contributed by atoms with E-state index in [2.05, 4.69) is 49.1 Å². The molecule has 0 aliphatic rings. The van der Waals surface area contributed by atoms with Gasteiger partial charge in [0.25, 0.3) is 0 Å². The second-order valence-electron chi connectivity index (χ2n) is 6.34. The lowest BCUT2D eigenvalue weighted by atomic mass is 9.73. The van der Waals surface area contributed by atoms with Crippen molar-refractivity contribution < 1.29 is 0 Å². The van der Waals surface area contributed by atoms with E-state index in [-0.39, 0.29) is 0 Å². The van der Waals surface area contributed by atoms with Crippen molar-refractivity contribution in [1.82, 2.24) is 4.90 Å². The third kappa shape index (κ3) is 4.24. The van der Waals surface area contributed by atoms with Crippen LogP contribution in [-0.2, 0) is 5.41 Å². The number of hydrogen-bond donors (Lipinski definition) is 0. The third-order valence-electron chi connectivity index (χ3n) is 4.61. The van der Waals surface area contributed by atoms with Crippen molar-refractivity contribution >= 4 is 0 Å². The molecule has 0 saturated carbocycles. The standard InChI is InChI=1S/C22H28N2/c1-3-16-24(17-4-2)18-15-22(19-23,20-11-7-5-8-12-20)21-13-9-6-10-14-21/h5-14H,3-4,15-18H2,1-2H3. The highest BCUT2D eigenvalue weighted by atomic mass is 15.1. The van der Waals surface area contributed by atoms with E-state index in [1.165, 1.54) is 0 Å². The maximum Gasteiger partial charge on any atom is 0.108 e. The second kappa shape index (κ2) is 9.25. The van der Waals surface area contributed by atoms with Crippen LogP contribution in [0.4, 0.5) is 0 Å². The molecule has 0 heterocycles. The monoisotopic (exact) mass is 320 g/mol. The Kier molecular flexibility index (Phi) is 7.03. The summed E-state index contributed by atoms with van der Waals surface area (Å²) < 4.78 is 0. The molecule has 0 bridgehead atoms. The normalized spacial score (nSPS) is 11.4. The molecule has 0 aliphatic heterocycles. The largest absolute Gasteiger partial charge is 0.303 e. The molecule has 2 nitrogen and oxygen atoms in total. The minimum absolute atomic E-state index is 0.581. The van der Waals surface area contributed by atoms with E-state index in [9.17, 15) is 5.26 Å². The molecule has 24 heavy (non-hydrogen) atoms. The number of hydrogen-bond acceptors (Lipinski definition) is 2. The average molecular weight is 320 g/mol. The number of benzene rings is 2. The smallest absolute Gasteiger partial charge is 0.108 e. The summed E-state index contributed by atoms with van der Waals surface area (Å²) in [5.41, 5.74) is 1.60. The lowest BCUT2D eigenvalue weighted by molar-refractivity contribution is 0.259. The molecule has 0 amide bonds. The first-order chi connectivity index (χ1) is 11.8. The van der Waals surface area contributed by atoms with E-state index in [0.717, 1.165) is 50.0 Å². The topological polar surface area (TPSA) is 27.0 Å². The van der Waals surface area contributed by atoms with E-state index in [1.54, 1.807) is 0 Å². The molecule has 0 fully saturated rings. The molecule has 2 aromatic rings. The van der Waals surface area contributed by atoms with Crippen LogP contribution in [0, 0.1) is 11.3 Å². The SMILES string of the molecule is CCCN(CCC)CCC(C#N)(c1ccccc1)c1ccccc1. The molecule has 0 aliphatic carbocycles. The second-order valence-corrected chi connectivity index (χ2v) is 6.34. The summed E-state index contributed by atoms with van der Waals surface area (Å²) in [6.07, 6.45) is 3.12. The number of nitrogens with zero attached hydrogens (tertiary/aromatic N) is 2. The number of rotatable bonds is 9. The first-order valence-corrected chi connectivity index (χ1v) is 9.01. The van der Waals surface area contributed by atoms with Crippen LogP contribution >= 0.6 is 0 Å². The van der Waals surface area contributed by atoms with Gasteiger partial charge < -0.3 is 4.90 Å². The molecule has 2 heteroatoms. The summed E-state index contributed by atoms with van der Waals surface area (Å²) in [7, 11) is 0. The molecule has 126 valence electrons. The summed E-state index contributed by atoms with van der Waals surface area (Å²) in [6, 6.07) is 23.1. The highest BCUT2D eigenvalue weighted by Crippen LogP contribution is 2.35. The molecule has 2 rings (SSSR count). The van der Waals surface area contributed by atoms with Crippen molar-refractivity contribution in [2.75, 3.05) is 19.6 Å². The van der Waals surface area contributed by atoms with Crippen LogP contribution in [0.25, 0.3) is 0 Å². The van der Waals surface area contributed by atoms with E-state index in [0.29, 0.717) is 0 Å². The maximum absolute atomic E-state index is 10.2. The lowest BCUT2D eigenvalue weighted by Crippen LogP contribution is -2.34. The first kappa shape index (κ1) is 18.2. The molecule has 0 atom stereocenters. The minimum Gasteiger partial charge on any atom is -0.303 e. The van der Waals surface area contributed by atoms with Gasteiger partial charge in [0, 0.05) is 6.54 Å². The van der Waals surface area contributed by atoms with Crippen LogP contribution < -0.4 is 0 Å². The molecule has 0 N–H and O–H groups in total. The van der Waals surface area contributed by atoms with Crippen LogP contribution in [0.5, 0.6) is 0 Å². The fraction of sp³-hybridized carbons (Fsp3) is 0.409. The average Bonchev–Trinajstić information content (AvgIpc) is 2.65. The summed E-state index contributed by atoms with van der Waals surface area (Å²) in [5.74, 6) is 0. The summed E-state index contributed by atoms with van der Waals surface area (Å²) >= 11 is 0. The van der Waals surface area contributed by atoms with Crippen molar-refractivity contribution in [3.8, 4) is 6.07 Å². The van der Waals surface area contributed by atoms with Crippen LogP contribution in [0.2, 0.25) is 0 Å². The Morgan fingerprint density at radius 2 is 1.25 bits per heavy atom. The number of nitriles is 1. The van der Waals surface area contributed by atoms with Gasteiger partial charge in [-0.25, -0.2) is 0 Å². The van der Waals surface area contributed by atoms with Gasteiger partial charge in [-0.05, 0) is 43.5 Å². The van der Waals surface area contributed by atoms with Crippen molar-refractivity contribution in [3.63, 3.8) is 0 Å².